The lowest BCUT2D eigenvalue weighted by Crippen LogP contribution is -2.58. The van der Waals surface area contributed by atoms with Crippen molar-refractivity contribution in [1.29, 1.82) is 0 Å². The van der Waals surface area contributed by atoms with Gasteiger partial charge in [0.05, 0.1) is 12.5 Å². The topological polar surface area (TPSA) is 160 Å². The summed E-state index contributed by atoms with van der Waals surface area (Å²) in [6.07, 6.45) is 3.25. The predicted molar refractivity (Wildman–Crippen MR) is 175 cm³/mol. The minimum Gasteiger partial charge on any atom is -0.460 e. The molecule has 1 aromatic rings. The number of Topliss-reactive ketones (excluding diaryl/α,β-unsaturated/α-hetero) is 1. The molecule has 12 heteroatoms. The van der Waals surface area contributed by atoms with Gasteiger partial charge in [-0.25, -0.2) is 4.79 Å². The van der Waals surface area contributed by atoms with Crippen LogP contribution in [0.4, 0.5) is 4.79 Å². The van der Waals surface area contributed by atoms with Gasteiger partial charge >= 0.3 is 12.1 Å². The fraction of sp³-hybridized carbons (Fsp3) is 0.600. The zero-order valence-corrected chi connectivity index (χ0v) is 28.5. The molecule has 0 radical (unpaired) electrons. The molecule has 12 nitrogen and oxygen atoms in total. The molecule has 2 aliphatic rings. The summed E-state index contributed by atoms with van der Waals surface area (Å²) in [5.41, 5.74) is 0.747. The molecule has 0 spiro atoms. The Kier molecular flexibility index (Phi) is 12.7. The van der Waals surface area contributed by atoms with E-state index in [0.29, 0.717) is 38.6 Å². The smallest absolute Gasteiger partial charge is 0.408 e. The number of ether oxygens (including phenoxy) is 2. The van der Waals surface area contributed by atoms with Gasteiger partial charge in [0.25, 0.3) is 5.91 Å². The Morgan fingerprint density at radius 2 is 1.57 bits per heavy atom. The van der Waals surface area contributed by atoms with Crippen LogP contribution in [0.25, 0.3) is 0 Å². The number of rotatable bonds is 13. The Hall–Kier alpha value is -4.22. The molecule has 0 aromatic heterocycles. The highest BCUT2D eigenvalue weighted by Crippen LogP contribution is 2.31. The third-order valence-corrected chi connectivity index (χ3v) is 7.88. The normalized spacial score (nSPS) is 17.6. The number of carbonyl (C=O) groups is 6. The number of fused-ring (bicyclic) bond motifs is 1. The Bertz CT molecular complexity index is 1320. The van der Waals surface area contributed by atoms with E-state index >= 15 is 0 Å². The van der Waals surface area contributed by atoms with Crippen molar-refractivity contribution in [3.05, 3.63) is 48.0 Å². The van der Waals surface area contributed by atoms with Gasteiger partial charge in [0.1, 0.15) is 23.3 Å². The second-order valence-electron chi connectivity index (χ2n) is 14.1. The maximum atomic E-state index is 14.2. The van der Waals surface area contributed by atoms with E-state index in [9.17, 15) is 28.8 Å². The molecule has 258 valence electrons. The molecule has 1 heterocycles. The Balaban J connectivity index is 1.71. The number of nitrogens with zero attached hydrogens (tertiary/aromatic N) is 1. The van der Waals surface area contributed by atoms with Gasteiger partial charge in [0.15, 0.2) is 0 Å². The van der Waals surface area contributed by atoms with Crippen molar-refractivity contribution < 1.29 is 38.2 Å². The van der Waals surface area contributed by atoms with E-state index in [-0.39, 0.29) is 25.3 Å². The first kappa shape index (κ1) is 37.2. The summed E-state index contributed by atoms with van der Waals surface area (Å²) in [5, 5.41) is 7.91. The number of ketones is 1. The zero-order valence-electron chi connectivity index (χ0n) is 28.5. The highest BCUT2D eigenvalue weighted by molar-refractivity contribution is 6.38. The first-order chi connectivity index (χ1) is 22.0. The molecule has 0 bridgehead atoms. The number of hydrogen-bond donors (Lipinski definition) is 3. The van der Waals surface area contributed by atoms with Crippen molar-refractivity contribution >= 4 is 35.6 Å². The van der Waals surface area contributed by atoms with Gasteiger partial charge in [0, 0.05) is 13.1 Å². The van der Waals surface area contributed by atoms with Crippen LogP contribution in [0, 0.1) is 5.92 Å². The molecule has 1 aliphatic carbocycles. The SMILES string of the molecule is C=CCCC(NC(=O)[C@@H]1CCCN1C(=O)[C@@H](NC(=O)OC(C)(C)C)C1Cc2ccccc2C1)C(=O)C(=O)NCCC(=O)OC(C)(C)C. The van der Waals surface area contributed by atoms with Crippen LogP contribution in [0.2, 0.25) is 0 Å². The van der Waals surface area contributed by atoms with Crippen molar-refractivity contribution in [2.24, 2.45) is 5.92 Å². The van der Waals surface area contributed by atoms with Crippen LogP contribution >= 0.6 is 0 Å². The molecule has 3 rings (SSSR count). The second-order valence-corrected chi connectivity index (χ2v) is 14.1. The first-order valence-electron chi connectivity index (χ1n) is 16.3. The van der Waals surface area contributed by atoms with Crippen LogP contribution < -0.4 is 16.0 Å². The van der Waals surface area contributed by atoms with Crippen LogP contribution in [0.3, 0.4) is 0 Å². The van der Waals surface area contributed by atoms with E-state index in [4.69, 9.17) is 9.47 Å². The Morgan fingerprint density at radius 1 is 0.957 bits per heavy atom. The maximum absolute atomic E-state index is 14.2. The third-order valence-electron chi connectivity index (χ3n) is 7.88. The predicted octanol–water partition coefficient (Wildman–Crippen LogP) is 3.15. The summed E-state index contributed by atoms with van der Waals surface area (Å²) >= 11 is 0. The molecular formula is C35H50N4O8. The molecule has 1 saturated heterocycles. The maximum Gasteiger partial charge on any atom is 0.408 e. The summed E-state index contributed by atoms with van der Waals surface area (Å²) < 4.78 is 10.7. The molecule has 1 aliphatic heterocycles. The lowest BCUT2D eigenvalue weighted by atomic mass is 9.95. The Labute approximate surface area is 277 Å². The molecule has 4 amide bonds. The number of alkyl carbamates (subject to hydrolysis) is 1. The number of hydrogen-bond acceptors (Lipinski definition) is 8. The standard InChI is InChI=1S/C35H50N4O8/c1-8-9-15-25(29(41)31(43)36-18-17-27(40)46-34(2,3)4)37-30(42)26-16-12-19-39(26)32(44)28(38-33(45)47-35(5,6)7)24-20-22-13-10-11-14-23(22)21-24/h8,10-11,13-14,24-26,28H,1,9,12,15-21H2,2-7H3,(H,36,43)(H,37,42)(H,38,45)/t25?,26-,28-/m0/s1. The van der Waals surface area contributed by atoms with Crippen LogP contribution in [-0.2, 0) is 46.3 Å². The Morgan fingerprint density at radius 3 is 2.15 bits per heavy atom. The molecule has 3 atom stereocenters. The van der Waals surface area contributed by atoms with Crippen LogP contribution in [0.5, 0.6) is 0 Å². The highest BCUT2D eigenvalue weighted by Gasteiger charge is 2.43. The number of nitrogens with one attached hydrogen (secondary N) is 3. The van der Waals surface area contributed by atoms with Crippen LogP contribution in [-0.4, -0.2) is 82.9 Å². The fourth-order valence-electron chi connectivity index (χ4n) is 5.86. The quantitative estimate of drug-likeness (QED) is 0.166. The van der Waals surface area contributed by atoms with E-state index in [1.807, 2.05) is 24.3 Å². The van der Waals surface area contributed by atoms with E-state index in [2.05, 4.69) is 22.5 Å². The minimum absolute atomic E-state index is 0.108. The molecule has 1 unspecified atom stereocenters. The average molecular weight is 655 g/mol. The largest absolute Gasteiger partial charge is 0.460 e. The molecule has 1 aromatic carbocycles. The lowest BCUT2D eigenvalue weighted by molar-refractivity contribution is -0.154. The van der Waals surface area contributed by atoms with Gasteiger partial charge in [0.2, 0.25) is 17.6 Å². The van der Waals surface area contributed by atoms with Gasteiger partial charge in [-0.05, 0) is 97.1 Å². The van der Waals surface area contributed by atoms with Gasteiger partial charge in [-0.15, -0.1) is 6.58 Å². The number of esters is 1. The van der Waals surface area contributed by atoms with E-state index in [1.165, 1.54) is 4.90 Å². The van der Waals surface area contributed by atoms with Crippen molar-refractivity contribution in [3.63, 3.8) is 0 Å². The number of likely N-dealkylation sites (tertiary alicyclic amines) is 1. The van der Waals surface area contributed by atoms with Gasteiger partial charge in [-0.1, -0.05) is 30.3 Å². The summed E-state index contributed by atoms with van der Waals surface area (Å²) in [6.45, 7) is 14.2. The van der Waals surface area contributed by atoms with Gasteiger partial charge < -0.3 is 30.3 Å². The first-order valence-corrected chi connectivity index (χ1v) is 16.3. The van der Waals surface area contributed by atoms with Crippen LogP contribution in [0.15, 0.2) is 36.9 Å². The zero-order chi connectivity index (χ0) is 34.9. The molecule has 0 saturated carbocycles. The van der Waals surface area contributed by atoms with E-state index in [0.717, 1.165) is 11.1 Å². The molecular weight excluding hydrogens is 604 g/mol. The van der Waals surface area contributed by atoms with Crippen molar-refractivity contribution in [3.8, 4) is 0 Å². The van der Waals surface area contributed by atoms with Crippen LogP contribution in [0.1, 0.15) is 84.8 Å². The van der Waals surface area contributed by atoms with Crippen molar-refractivity contribution in [1.82, 2.24) is 20.9 Å². The number of allylic oxidation sites excluding steroid dienone is 1. The summed E-state index contributed by atoms with van der Waals surface area (Å²) in [6, 6.07) is 4.87. The summed E-state index contributed by atoms with van der Waals surface area (Å²) in [7, 11) is 0. The van der Waals surface area contributed by atoms with E-state index < -0.39 is 64.9 Å². The third kappa shape index (κ3) is 11.2. The van der Waals surface area contributed by atoms with Gasteiger partial charge in [-0.3, -0.25) is 24.0 Å². The molecule has 47 heavy (non-hydrogen) atoms. The summed E-state index contributed by atoms with van der Waals surface area (Å²) in [4.78, 5) is 80.0. The van der Waals surface area contributed by atoms with Crippen molar-refractivity contribution in [2.45, 2.75) is 116 Å². The average Bonchev–Trinajstić information content (AvgIpc) is 3.63. The van der Waals surface area contributed by atoms with Gasteiger partial charge in [-0.2, -0.15) is 0 Å². The lowest BCUT2D eigenvalue weighted by Gasteiger charge is -2.32. The number of carbonyl (C=O) groups excluding carboxylic acids is 6. The highest BCUT2D eigenvalue weighted by atomic mass is 16.6. The monoisotopic (exact) mass is 654 g/mol. The number of benzene rings is 1. The summed E-state index contributed by atoms with van der Waals surface area (Å²) in [5.74, 6) is -3.54. The second kappa shape index (κ2) is 16.1. The van der Waals surface area contributed by atoms with Crippen molar-refractivity contribution in [2.75, 3.05) is 13.1 Å². The fourth-order valence-corrected chi connectivity index (χ4v) is 5.86. The van der Waals surface area contributed by atoms with E-state index in [1.54, 1.807) is 47.6 Å². The number of amides is 4. The molecule has 1 fully saturated rings. The molecule has 3 N–H and O–H groups in total. The minimum atomic E-state index is -1.17.